The Morgan fingerprint density at radius 3 is 2.84 bits per heavy atom. The highest BCUT2D eigenvalue weighted by molar-refractivity contribution is 5.69. The summed E-state index contributed by atoms with van der Waals surface area (Å²) in [6, 6.07) is 4.97. The number of anilines is 1. The minimum atomic E-state index is -0.405. The van der Waals surface area contributed by atoms with Crippen molar-refractivity contribution >= 4 is 11.5 Å². The molecule has 0 aliphatic rings. The number of hydrogen-bond donors (Lipinski definition) is 1. The van der Waals surface area contributed by atoms with Crippen LogP contribution in [0.2, 0.25) is 0 Å². The molecule has 1 aromatic carbocycles. The Kier molecular flexibility index (Phi) is 3.50. The third-order valence-corrected chi connectivity index (χ3v) is 2.99. The van der Waals surface area contributed by atoms with Gasteiger partial charge in [0.05, 0.1) is 4.92 Å². The highest BCUT2D eigenvalue weighted by Gasteiger charge is 2.18. The average Bonchev–Trinajstić information content (AvgIpc) is 2.72. The molecule has 19 heavy (non-hydrogen) atoms. The first kappa shape index (κ1) is 13.1. The maximum atomic E-state index is 11.0. The van der Waals surface area contributed by atoms with Gasteiger partial charge >= 0.3 is 0 Å². The van der Waals surface area contributed by atoms with Crippen molar-refractivity contribution in [2.45, 2.75) is 26.7 Å². The molecule has 0 bridgehead atoms. The molecule has 0 amide bonds. The zero-order chi connectivity index (χ0) is 14.0. The molecule has 0 aliphatic heterocycles. The van der Waals surface area contributed by atoms with Crippen molar-refractivity contribution in [1.82, 2.24) is 5.16 Å². The van der Waals surface area contributed by atoms with Gasteiger partial charge < -0.3 is 10.3 Å². The molecule has 6 heteroatoms. The van der Waals surface area contributed by atoms with Crippen LogP contribution in [0.4, 0.5) is 11.5 Å². The van der Waals surface area contributed by atoms with Crippen LogP contribution < -0.4 is 5.73 Å². The average molecular weight is 261 g/mol. The van der Waals surface area contributed by atoms with E-state index in [1.165, 1.54) is 6.07 Å². The van der Waals surface area contributed by atoms with Crippen LogP contribution in [0.25, 0.3) is 11.3 Å². The number of nitro groups is 1. The maximum absolute atomic E-state index is 11.0. The van der Waals surface area contributed by atoms with Gasteiger partial charge in [0.25, 0.3) is 5.69 Å². The van der Waals surface area contributed by atoms with Crippen LogP contribution in [0, 0.1) is 17.0 Å². The van der Waals surface area contributed by atoms with Crippen molar-refractivity contribution < 1.29 is 9.45 Å². The molecule has 2 N–H and O–H groups in total. The second kappa shape index (κ2) is 5.09. The number of nitrogen functional groups attached to an aromatic ring is 1. The highest BCUT2D eigenvalue weighted by atomic mass is 16.6. The second-order valence-corrected chi connectivity index (χ2v) is 4.38. The van der Waals surface area contributed by atoms with E-state index in [9.17, 15) is 10.1 Å². The van der Waals surface area contributed by atoms with Crippen LogP contribution in [-0.2, 0) is 6.42 Å². The first-order valence-electron chi connectivity index (χ1n) is 6.04. The monoisotopic (exact) mass is 261 g/mol. The summed E-state index contributed by atoms with van der Waals surface area (Å²) in [6.45, 7) is 3.72. The number of nitro benzene ring substituents is 1. The highest BCUT2D eigenvalue weighted by Crippen LogP contribution is 2.32. The molecular formula is C13H15N3O3. The van der Waals surface area contributed by atoms with E-state index in [0.717, 1.165) is 18.4 Å². The lowest BCUT2D eigenvalue weighted by atomic mass is 10.0. The molecule has 0 atom stereocenters. The summed E-state index contributed by atoms with van der Waals surface area (Å²) in [5, 5.41) is 14.7. The molecule has 0 saturated heterocycles. The van der Waals surface area contributed by atoms with E-state index in [0.29, 0.717) is 22.7 Å². The molecule has 6 nitrogen and oxygen atoms in total. The fourth-order valence-electron chi connectivity index (χ4n) is 1.99. The van der Waals surface area contributed by atoms with Crippen molar-refractivity contribution in [3.63, 3.8) is 0 Å². The normalized spacial score (nSPS) is 10.6. The summed E-state index contributed by atoms with van der Waals surface area (Å²) in [5.41, 5.74) is 7.86. The van der Waals surface area contributed by atoms with Crippen LogP contribution in [0.5, 0.6) is 0 Å². The Morgan fingerprint density at radius 1 is 1.47 bits per heavy atom. The van der Waals surface area contributed by atoms with Gasteiger partial charge in [0.2, 0.25) is 0 Å². The van der Waals surface area contributed by atoms with E-state index < -0.39 is 4.92 Å². The molecule has 2 aromatic rings. The van der Waals surface area contributed by atoms with E-state index in [2.05, 4.69) is 5.16 Å². The first-order valence-corrected chi connectivity index (χ1v) is 6.04. The van der Waals surface area contributed by atoms with E-state index in [-0.39, 0.29) is 5.69 Å². The number of nitrogens with two attached hydrogens (primary N) is 1. The van der Waals surface area contributed by atoms with Crippen molar-refractivity contribution in [1.29, 1.82) is 0 Å². The first-order chi connectivity index (χ1) is 9.04. The molecule has 1 aromatic heterocycles. The summed E-state index contributed by atoms with van der Waals surface area (Å²) in [7, 11) is 0. The molecule has 2 rings (SSSR count). The van der Waals surface area contributed by atoms with Crippen LogP contribution in [0.3, 0.4) is 0 Å². The summed E-state index contributed by atoms with van der Waals surface area (Å²) in [4.78, 5) is 10.6. The number of aryl methyl sites for hydroxylation is 1. The fourth-order valence-corrected chi connectivity index (χ4v) is 1.99. The quantitative estimate of drug-likeness (QED) is 0.674. The van der Waals surface area contributed by atoms with Crippen molar-refractivity contribution in [2.75, 3.05) is 5.73 Å². The van der Waals surface area contributed by atoms with Crippen molar-refractivity contribution in [2.24, 2.45) is 0 Å². The third kappa shape index (κ3) is 2.42. The zero-order valence-electron chi connectivity index (χ0n) is 10.8. The van der Waals surface area contributed by atoms with Crippen LogP contribution in [0.1, 0.15) is 24.5 Å². The number of nitrogens with zero attached hydrogens (tertiary/aromatic N) is 2. The minimum absolute atomic E-state index is 0.0647. The van der Waals surface area contributed by atoms with Gasteiger partial charge in [0.1, 0.15) is 0 Å². The summed E-state index contributed by atoms with van der Waals surface area (Å²) >= 11 is 0. The van der Waals surface area contributed by atoms with Crippen molar-refractivity contribution in [3.8, 4) is 11.3 Å². The topological polar surface area (TPSA) is 95.2 Å². The van der Waals surface area contributed by atoms with Gasteiger partial charge in [-0.25, -0.2) is 0 Å². The predicted molar refractivity (Wildman–Crippen MR) is 71.7 cm³/mol. The molecule has 0 unspecified atom stereocenters. The second-order valence-electron chi connectivity index (χ2n) is 4.38. The van der Waals surface area contributed by atoms with Gasteiger partial charge in [0, 0.05) is 22.8 Å². The van der Waals surface area contributed by atoms with Gasteiger partial charge in [-0.05, 0) is 13.3 Å². The number of rotatable bonds is 4. The molecular weight excluding hydrogens is 246 g/mol. The predicted octanol–water partition coefficient (Wildman–Crippen LogP) is 3.09. The molecule has 0 saturated carbocycles. The maximum Gasteiger partial charge on any atom is 0.273 e. The Morgan fingerprint density at radius 2 is 2.21 bits per heavy atom. The SMILES string of the molecule is CCCc1c(N)noc1-c1ccc(C)c([N+](=O)[O-])c1. The number of hydrogen-bond acceptors (Lipinski definition) is 5. The third-order valence-electron chi connectivity index (χ3n) is 2.99. The smallest absolute Gasteiger partial charge is 0.273 e. The van der Waals surface area contributed by atoms with Crippen LogP contribution in [0.15, 0.2) is 22.7 Å². The molecule has 100 valence electrons. The Hall–Kier alpha value is -2.37. The van der Waals surface area contributed by atoms with Gasteiger partial charge in [-0.1, -0.05) is 30.6 Å². The molecule has 0 fully saturated rings. The lowest BCUT2D eigenvalue weighted by Gasteiger charge is -2.02. The van der Waals surface area contributed by atoms with Gasteiger partial charge in [-0.15, -0.1) is 0 Å². The largest absolute Gasteiger partial charge is 0.381 e. The lowest BCUT2D eigenvalue weighted by molar-refractivity contribution is -0.385. The Balaban J connectivity index is 2.53. The van der Waals surface area contributed by atoms with Gasteiger partial charge in [-0.2, -0.15) is 0 Å². The molecule has 0 radical (unpaired) electrons. The van der Waals surface area contributed by atoms with Gasteiger partial charge in [-0.3, -0.25) is 10.1 Å². The fraction of sp³-hybridized carbons (Fsp3) is 0.308. The Bertz CT molecular complexity index is 620. The summed E-state index contributed by atoms with van der Waals surface area (Å²) in [6.07, 6.45) is 1.62. The van der Waals surface area contributed by atoms with Gasteiger partial charge in [0.15, 0.2) is 11.6 Å². The lowest BCUT2D eigenvalue weighted by Crippen LogP contribution is -1.94. The number of aromatic nitrogens is 1. The van der Waals surface area contributed by atoms with Crippen LogP contribution in [-0.4, -0.2) is 10.1 Å². The number of benzene rings is 1. The molecule has 0 spiro atoms. The standard InChI is InChI=1S/C13H15N3O3/c1-3-4-10-12(19-15-13(10)14)9-6-5-8(2)11(7-9)16(17)18/h5-7H,3-4H2,1-2H3,(H2,14,15). The van der Waals surface area contributed by atoms with E-state index >= 15 is 0 Å². The zero-order valence-corrected chi connectivity index (χ0v) is 10.8. The summed E-state index contributed by atoms with van der Waals surface area (Å²) < 4.78 is 5.21. The van der Waals surface area contributed by atoms with Crippen LogP contribution >= 0.6 is 0 Å². The van der Waals surface area contributed by atoms with E-state index in [1.807, 2.05) is 6.92 Å². The van der Waals surface area contributed by atoms with Crippen molar-refractivity contribution in [3.05, 3.63) is 39.4 Å². The molecule has 0 aliphatic carbocycles. The Labute approximate surface area is 110 Å². The molecule has 1 heterocycles. The minimum Gasteiger partial charge on any atom is -0.381 e. The van der Waals surface area contributed by atoms with E-state index in [1.54, 1.807) is 19.1 Å². The van der Waals surface area contributed by atoms with E-state index in [4.69, 9.17) is 10.3 Å². The summed E-state index contributed by atoms with van der Waals surface area (Å²) in [5.74, 6) is 0.863.